The number of methoxy groups -OCH3 is 2. The Labute approximate surface area is 93.4 Å². The summed E-state index contributed by atoms with van der Waals surface area (Å²) >= 11 is 3.44. The van der Waals surface area contributed by atoms with E-state index in [0.29, 0.717) is 0 Å². The molecule has 0 amide bonds. The van der Waals surface area contributed by atoms with Gasteiger partial charge in [0.05, 0.1) is 0 Å². The van der Waals surface area contributed by atoms with E-state index in [1.807, 2.05) is 12.1 Å². The van der Waals surface area contributed by atoms with Gasteiger partial charge in [0.25, 0.3) is 0 Å². The number of ether oxygens (including phenoxy) is 2. The largest absolute Gasteiger partial charge is 0.355 e. The quantitative estimate of drug-likeness (QED) is 0.773. The molecule has 0 heterocycles. The number of hydrogen-bond acceptors (Lipinski definition) is 2. The first-order chi connectivity index (χ1) is 6.69. The van der Waals surface area contributed by atoms with E-state index in [2.05, 4.69) is 35.0 Å². The van der Waals surface area contributed by atoms with Crippen molar-refractivity contribution in [1.29, 1.82) is 0 Å². The highest BCUT2D eigenvalue weighted by Gasteiger charge is 2.17. The van der Waals surface area contributed by atoms with Gasteiger partial charge in [-0.15, -0.1) is 0 Å². The van der Waals surface area contributed by atoms with Crippen LogP contribution in [-0.4, -0.2) is 20.5 Å². The average Bonchev–Trinajstić information content (AvgIpc) is 2.19. The molecule has 1 atom stereocenters. The first kappa shape index (κ1) is 11.7. The Kier molecular flexibility index (Phi) is 4.58. The van der Waals surface area contributed by atoms with Crippen LogP contribution in [0.25, 0.3) is 0 Å². The van der Waals surface area contributed by atoms with Crippen LogP contribution in [0.4, 0.5) is 0 Å². The van der Waals surface area contributed by atoms with Gasteiger partial charge in [0.15, 0.2) is 6.29 Å². The lowest BCUT2D eigenvalue weighted by Gasteiger charge is -2.21. The molecule has 0 saturated carbocycles. The van der Waals surface area contributed by atoms with Crippen molar-refractivity contribution in [3.05, 3.63) is 34.3 Å². The minimum atomic E-state index is -0.190. The fourth-order valence-electron chi connectivity index (χ4n) is 1.45. The molecule has 1 rings (SSSR count). The number of rotatable bonds is 4. The molecule has 0 bridgehead atoms. The predicted molar refractivity (Wildman–Crippen MR) is 60.4 cm³/mol. The van der Waals surface area contributed by atoms with Gasteiger partial charge in [-0.05, 0) is 17.7 Å². The molecule has 3 heteroatoms. The zero-order valence-electron chi connectivity index (χ0n) is 8.66. The zero-order valence-corrected chi connectivity index (χ0v) is 10.2. The summed E-state index contributed by atoms with van der Waals surface area (Å²) in [6.07, 6.45) is -0.190. The number of hydrogen-bond donors (Lipinski definition) is 0. The fraction of sp³-hybridized carbons (Fsp3) is 0.455. The van der Waals surface area contributed by atoms with Crippen LogP contribution in [-0.2, 0) is 9.47 Å². The van der Waals surface area contributed by atoms with Gasteiger partial charge in [-0.25, -0.2) is 0 Å². The molecule has 0 radical (unpaired) electrons. The molecule has 0 saturated heterocycles. The standard InChI is InChI=1S/C11H15BrO2/c1-8(11(13-2)14-3)9-5-4-6-10(12)7-9/h4-8,11H,1-3H3. The molecule has 0 spiro atoms. The minimum absolute atomic E-state index is 0.190. The summed E-state index contributed by atoms with van der Waals surface area (Å²) in [6, 6.07) is 8.17. The Balaban J connectivity index is 2.82. The second-order valence-corrected chi connectivity index (χ2v) is 4.10. The van der Waals surface area contributed by atoms with Crippen LogP contribution < -0.4 is 0 Å². The van der Waals surface area contributed by atoms with Crippen molar-refractivity contribution in [2.75, 3.05) is 14.2 Å². The molecule has 0 aliphatic heterocycles. The SMILES string of the molecule is COC(OC)C(C)c1cccc(Br)c1. The molecule has 2 nitrogen and oxygen atoms in total. The molecule has 14 heavy (non-hydrogen) atoms. The first-order valence-electron chi connectivity index (χ1n) is 4.50. The van der Waals surface area contributed by atoms with E-state index in [1.54, 1.807) is 14.2 Å². The maximum absolute atomic E-state index is 5.22. The highest BCUT2D eigenvalue weighted by atomic mass is 79.9. The van der Waals surface area contributed by atoms with Gasteiger partial charge < -0.3 is 9.47 Å². The van der Waals surface area contributed by atoms with Gasteiger partial charge in [0.2, 0.25) is 0 Å². The maximum atomic E-state index is 5.22. The molecule has 0 N–H and O–H groups in total. The summed E-state index contributed by atoms with van der Waals surface area (Å²) in [5, 5.41) is 0. The Hall–Kier alpha value is -0.380. The van der Waals surface area contributed by atoms with Crippen LogP contribution in [0, 0.1) is 0 Å². The molecule has 0 aromatic heterocycles. The summed E-state index contributed by atoms with van der Waals surface area (Å²) in [5.74, 6) is 0.225. The van der Waals surface area contributed by atoms with Gasteiger partial charge in [0, 0.05) is 24.6 Å². The van der Waals surface area contributed by atoms with Crippen molar-refractivity contribution in [2.45, 2.75) is 19.1 Å². The molecular formula is C11H15BrO2. The lowest BCUT2D eigenvalue weighted by molar-refractivity contribution is -0.115. The Morgan fingerprint density at radius 1 is 1.21 bits per heavy atom. The van der Waals surface area contributed by atoms with Crippen LogP contribution >= 0.6 is 15.9 Å². The van der Waals surface area contributed by atoms with Crippen LogP contribution in [0.2, 0.25) is 0 Å². The molecule has 0 fully saturated rings. The summed E-state index contributed by atoms with van der Waals surface area (Å²) in [5.41, 5.74) is 1.20. The fourth-order valence-corrected chi connectivity index (χ4v) is 1.87. The van der Waals surface area contributed by atoms with Crippen molar-refractivity contribution in [1.82, 2.24) is 0 Å². The third-order valence-corrected chi connectivity index (χ3v) is 2.74. The summed E-state index contributed by atoms with van der Waals surface area (Å²) in [7, 11) is 3.31. The van der Waals surface area contributed by atoms with Crippen molar-refractivity contribution < 1.29 is 9.47 Å². The normalized spacial score (nSPS) is 13.2. The van der Waals surface area contributed by atoms with E-state index in [-0.39, 0.29) is 12.2 Å². The second kappa shape index (κ2) is 5.49. The highest BCUT2D eigenvalue weighted by molar-refractivity contribution is 9.10. The molecule has 1 aromatic rings. The summed E-state index contributed by atoms with van der Waals surface area (Å²) < 4.78 is 11.5. The summed E-state index contributed by atoms with van der Waals surface area (Å²) in [6.45, 7) is 2.08. The Bertz CT molecular complexity index is 284. The van der Waals surface area contributed by atoms with Gasteiger partial charge in [-0.3, -0.25) is 0 Å². The van der Waals surface area contributed by atoms with Crippen molar-refractivity contribution >= 4 is 15.9 Å². The van der Waals surface area contributed by atoms with Gasteiger partial charge in [-0.2, -0.15) is 0 Å². The van der Waals surface area contributed by atoms with Crippen LogP contribution in [0.15, 0.2) is 28.7 Å². The molecule has 1 unspecified atom stereocenters. The van der Waals surface area contributed by atoms with Crippen LogP contribution in [0.1, 0.15) is 18.4 Å². The lowest BCUT2D eigenvalue weighted by Crippen LogP contribution is -2.20. The van der Waals surface area contributed by atoms with Crippen molar-refractivity contribution in [3.63, 3.8) is 0 Å². The monoisotopic (exact) mass is 258 g/mol. The average molecular weight is 259 g/mol. The van der Waals surface area contributed by atoms with E-state index in [0.717, 1.165) is 4.47 Å². The zero-order chi connectivity index (χ0) is 10.6. The molecule has 1 aromatic carbocycles. The van der Waals surface area contributed by atoms with Gasteiger partial charge in [0.1, 0.15) is 0 Å². The van der Waals surface area contributed by atoms with Crippen molar-refractivity contribution in [2.24, 2.45) is 0 Å². The predicted octanol–water partition coefficient (Wildman–Crippen LogP) is 3.17. The van der Waals surface area contributed by atoms with E-state index in [9.17, 15) is 0 Å². The third kappa shape index (κ3) is 2.80. The van der Waals surface area contributed by atoms with E-state index in [4.69, 9.17) is 9.47 Å². The third-order valence-electron chi connectivity index (χ3n) is 2.25. The van der Waals surface area contributed by atoms with Gasteiger partial charge >= 0.3 is 0 Å². The maximum Gasteiger partial charge on any atom is 0.163 e. The first-order valence-corrected chi connectivity index (χ1v) is 5.29. The van der Waals surface area contributed by atoms with E-state index >= 15 is 0 Å². The topological polar surface area (TPSA) is 18.5 Å². The van der Waals surface area contributed by atoms with Crippen LogP contribution in [0.5, 0.6) is 0 Å². The number of benzene rings is 1. The van der Waals surface area contributed by atoms with E-state index < -0.39 is 0 Å². The van der Waals surface area contributed by atoms with Gasteiger partial charge in [-0.1, -0.05) is 35.0 Å². The number of halogens is 1. The lowest BCUT2D eigenvalue weighted by atomic mass is 10.0. The van der Waals surface area contributed by atoms with Crippen LogP contribution in [0.3, 0.4) is 0 Å². The molecule has 0 aliphatic rings. The Morgan fingerprint density at radius 3 is 2.36 bits per heavy atom. The van der Waals surface area contributed by atoms with Crippen molar-refractivity contribution in [3.8, 4) is 0 Å². The smallest absolute Gasteiger partial charge is 0.163 e. The van der Waals surface area contributed by atoms with E-state index in [1.165, 1.54) is 5.56 Å². The highest BCUT2D eigenvalue weighted by Crippen LogP contribution is 2.24. The molecule has 0 aliphatic carbocycles. The molecular weight excluding hydrogens is 244 g/mol. The molecule has 78 valence electrons. The Morgan fingerprint density at radius 2 is 1.86 bits per heavy atom. The minimum Gasteiger partial charge on any atom is -0.355 e. The summed E-state index contributed by atoms with van der Waals surface area (Å²) in [4.78, 5) is 0. The second-order valence-electron chi connectivity index (χ2n) is 3.18.